The van der Waals surface area contributed by atoms with Crippen molar-refractivity contribution in [2.24, 2.45) is 4.99 Å². The van der Waals surface area contributed by atoms with Gasteiger partial charge < -0.3 is 0 Å². The summed E-state index contributed by atoms with van der Waals surface area (Å²) < 4.78 is 1.24. The first-order valence-corrected chi connectivity index (χ1v) is 7.02. The van der Waals surface area contributed by atoms with Crippen LogP contribution in [0.15, 0.2) is 35.3 Å². The van der Waals surface area contributed by atoms with E-state index >= 15 is 0 Å². The predicted octanol–water partition coefficient (Wildman–Crippen LogP) is 3.80. The lowest BCUT2D eigenvalue weighted by Crippen LogP contribution is -2.15. The summed E-state index contributed by atoms with van der Waals surface area (Å²) in [5.74, 6) is 2.15. The Labute approximate surface area is 99.8 Å². The maximum absolute atomic E-state index is 4.68. The first kappa shape index (κ1) is 11.1. The highest BCUT2D eigenvalue weighted by molar-refractivity contribution is 8.38. The molecule has 15 heavy (non-hydrogen) atoms. The second-order valence-corrected chi connectivity index (χ2v) is 6.44. The summed E-state index contributed by atoms with van der Waals surface area (Å²) in [5, 5.41) is 0. The number of hydrogen-bond acceptors (Lipinski definition) is 3. The largest absolute Gasteiger partial charge is 0.265 e. The lowest BCUT2D eigenvalue weighted by Gasteiger charge is -2.09. The normalized spacial score (nSPS) is 18.9. The highest BCUT2D eigenvalue weighted by Gasteiger charge is 2.25. The fourth-order valence-electron chi connectivity index (χ4n) is 1.34. The van der Waals surface area contributed by atoms with Gasteiger partial charge >= 0.3 is 0 Å². The molecule has 0 bridgehead atoms. The summed E-state index contributed by atoms with van der Waals surface area (Å²) in [7, 11) is 0. The van der Waals surface area contributed by atoms with Crippen LogP contribution in [0.3, 0.4) is 0 Å². The molecular formula is C12H15NS2. The molecule has 0 amide bonds. The fraction of sp³-hybridized carbons (Fsp3) is 0.417. The molecule has 80 valence electrons. The van der Waals surface area contributed by atoms with Crippen molar-refractivity contribution in [3.05, 3.63) is 35.9 Å². The van der Waals surface area contributed by atoms with Gasteiger partial charge in [0.15, 0.2) is 0 Å². The quantitative estimate of drug-likeness (QED) is 0.775. The minimum absolute atomic E-state index is 0.143. The third-order valence-electron chi connectivity index (χ3n) is 2.15. The summed E-state index contributed by atoms with van der Waals surface area (Å²) in [6.07, 6.45) is 0. The first-order chi connectivity index (χ1) is 7.16. The van der Waals surface area contributed by atoms with Gasteiger partial charge in [-0.3, -0.25) is 4.99 Å². The number of rotatable bonds is 2. The Balaban J connectivity index is 1.90. The van der Waals surface area contributed by atoms with Gasteiger partial charge in [-0.25, -0.2) is 0 Å². The van der Waals surface area contributed by atoms with E-state index in [1.807, 2.05) is 23.5 Å². The van der Waals surface area contributed by atoms with Crippen molar-refractivity contribution < 1.29 is 0 Å². The summed E-state index contributed by atoms with van der Waals surface area (Å²) >= 11 is 3.73. The molecule has 0 spiro atoms. The fourth-order valence-corrected chi connectivity index (χ4v) is 3.68. The molecule has 1 heterocycles. The third-order valence-corrected chi connectivity index (χ3v) is 4.86. The Bertz CT molecular complexity index is 357. The van der Waals surface area contributed by atoms with E-state index in [9.17, 15) is 0 Å². The molecular weight excluding hydrogens is 222 g/mol. The molecule has 0 aromatic heterocycles. The van der Waals surface area contributed by atoms with Gasteiger partial charge in [-0.2, -0.15) is 0 Å². The third kappa shape index (κ3) is 3.28. The van der Waals surface area contributed by atoms with Crippen LogP contribution in [0.5, 0.6) is 0 Å². The number of nitrogens with zero attached hydrogens (tertiary/aromatic N) is 1. The molecule has 1 nitrogen and oxygen atoms in total. The highest BCUT2D eigenvalue weighted by atomic mass is 32.2. The minimum Gasteiger partial charge on any atom is -0.265 e. The molecule has 1 aliphatic heterocycles. The van der Waals surface area contributed by atoms with Crippen molar-refractivity contribution in [2.45, 2.75) is 25.1 Å². The standard InChI is InChI=1S/C12H15NS2/c1-12(2)9-15-11(13-12)14-8-10-6-4-3-5-7-10/h3-7H,8-9H2,1-2H3. The van der Waals surface area contributed by atoms with E-state index in [1.165, 1.54) is 9.94 Å². The zero-order valence-electron chi connectivity index (χ0n) is 9.06. The lowest BCUT2D eigenvalue weighted by molar-refractivity contribution is 0.606. The van der Waals surface area contributed by atoms with E-state index in [1.54, 1.807) is 0 Å². The van der Waals surface area contributed by atoms with Crippen molar-refractivity contribution in [3.63, 3.8) is 0 Å². The topological polar surface area (TPSA) is 12.4 Å². The van der Waals surface area contributed by atoms with E-state index in [-0.39, 0.29) is 5.54 Å². The molecule has 0 N–H and O–H groups in total. The summed E-state index contributed by atoms with van der Waals surface area (Å²) in [4.78, 5) is 4.68. The van der Waals surface area contributed by atoms with Gasteiger partial charge in [0.1, 0.15) is 4.38 Å². The second-order valence-electron chi connectivity index (χ2n) is 4.25. The van der Waals surface area contributed by atoms with Crippen LogP contribution in [0.25, 0.3) is 0 Å². The van der Waals surface area contributed by atoms with Gasteiger partial charge in [-0.05, 0) is 19.4 Å². The first-order valence-electron chi connectivity index (χ1n) is 5.05. The minimum atomic E-state index is 0.143. The van der Waals surface area contributed by atoms with E-state index in [0.717, 1.165) is 11.5 Å². The van der Waals surface area contributed by atoms with E-state index in [4.69, 9.17) is 0 Å². The molecule has 0 aliphatic carbocycles. The van der Waals surface area contributed by atoms with E-state index in [2.05, 4.69) is 49.2 Å². The molecule has 1 aromatic carbocycles. The Kier molecular flexibility index (Phi) is 3.42. The van der Waals surface area contributed by atoms with Gasteiger partial charge in [-0.1, -0.05) is 53.9 Å². The summed E-state index contributed by atoms with van der Waals surface area (Å²) in [5.41, 5.74) is 1.51. The number of thioether (sulfide) groups is 2. The zero-order chi connectivity index (χ0) is 10.7. The van der Waals surface area contributed by atoms with Crippen molar-refractivity contribution >= 4 is 27.9 Å². The van der Waals surface area contributed by atoms with E-state index < -0.39 is 0 Å². The van der Waals surface area contributed by atoms with Crippen molar-refractivity contribution in [1.82, 2.24) is 0 Å². The molecule has 3 heteroatoms. The van der Waals surface area contributed by atoms with Crippen LogP contribution in [-0.4, -0.2) is 15.7 Å². The molecule has 0 saturated carbocycles. The van der Waals surface area contributed by atoms with Gasteiger partial charge in [0.05, 0.1) is 5.54 Å². The second kappa shape index (κ2) is 4.62. The van der Waals surface area contributed by atoms with Crippen LogP contribution in [0.2, 0.25) is 0 Å². The van der Waals surface area contributed by atoms with Gasteiger partial charge in [0, 0.05) is 11.5 Å². The Morgan fingerprint density at radius 3 is 2.67 bits per heavy atom. The molecule has 0 fully saturated rings. The lowest BCUT2D eigenvalue weighted by atomic mass is 10.1. The van der Waals surface area contributed by atoms with Crippen LogP contribution in [0.1, 0.15) is 19.4 Å². The molecule has 0 saturated heterocycles. The van der Waals surface area contributed by atoms with Gasteiger partial charge in [-0.15, -0.1) is 0 Å². The average Bonchev–Trinajstić information content (AvgIpc) is 2.57. The highest BCUT2D eigenvalue weighted by Crippen LogP contribution is 2.33. The Morgan fingerprint density at radius 1 is 1.33 bits per heavy atom. The average molecular weight is 237 g/mol. The van der Waals surface area contributed by atoms with Crippen LogP contribution in [0.4, 0.5) is 0 Å². The molecule has 1 aromatic rings. The van der Waals surface area contributed by atoms with Gasteiger partial charge in [0.2, 0.25) is 0 Å². The van der Waals surface area contributed by atoms with Crippen LogP contribution in [-0.2, 0) is 5.75 Å². The summed E-state index contributed by atoms with van der Waals surface area (Å²) in [6.45, 7) is 4.38. The van der Waals surface area contributed by atoms with Gasteiger partial charge in [0.25, 0.3) is 0 Å². The number of hydrogen-bond donors (Lipinski definition) is 0. The zero-order valence-corrected chi connectivity index (χ0v) is 10.7. The number of benzene rings is 1. The van der Waals surface area contributed by atoms with Crippen LogP contribution in [0, 0.1) is 0 Å². The summed E-state index contributed by atoms with van der Waals surface area (Å²) in [6, 6.07) is 10.6. The molecule has 2 rings (SSSR count). The molecule has 1 aliphatic rings. The Morgan fingerprint density at radius 2 is 2.07 bits per heavy atom. The molecule has 0 radical (unpaired) electrons. The predicted molar refractivity (Wildman–Crippen MR) is 71.7 cm³/mol. The molecule has 0 unspecified atom stereocenters. The van der Waals surface area contributed by atoms with Crippen LogP contribution >= 0.6 is 23.5 Å². The van der Waals surface area contributed by atoms with Crippen molar-refractivity contribution in [2.75, 3.05) is 5.75 Å². The van der Waals surface area contributed by atoms with Crippen LogP contribution < -0.4 is 0 Å². The SMILES string of the molecule is CC1(C)CSC(SCc2ccccc2)=N1. The van der Waals surface area contributed by atoms with E-state index in [0.29, 0.717) is 0 Å². The monoisotopic (exact) mass is 237 g/mol. The Hall–Kier alpha value is -0.410. The maximum atomic E-state index is 4.68. The molecule has 0 atom stereocenters. The smallest absolute Gasteiger partial charge is 0.125 e. The maximum Gasteiger partial charge on any atom is 0.125 e. The van der Waals surface area contributed by atoms with Crippen molar-refractivity contribution in [3.8, 4) is 0 Å². The number of aliphatic imine (C=N–C) groups is 1. The van der Waals surface area contributed by atoms with Crippen molar-refractivity contribution in [1.29, 1.82) is 0 Å².